The van der Waals surface area contributed by atoms with Crippen LogP contribution >= 0.6 is 0 Å². The summed E-state index contributed by atoms with van der Waals surface area (Å²) in [5.74, 6) is 0.212. The van der Waals surface area contributed by atoms with Gasteiger partial charge in [-0.2, -0.15) is 9.61 Å². The number of anilines is 4. The molecule has 6 heterocycles. The predicted molar refractivity (Wildman–Crippen MR) is 231 cm³/mol. The maximum Gasteiger partial charge on any atom is 0.321 e. The van der Waals surface area contributed by atoms with Crippen LogP contribution in [0.2, 0.25) is 0 Å². The van der Waals surface area contributed by atoms with Gasteiger partial charge in [-0.3, -0.25) is 34.3 Å². The molecule has 4 aliphatic heterocycles. The number of imide groups is 2. The van der Waals surface area contributed by atoms with Gasteiger partial charge in [0.2, 0.25) is 11.8 Å². The van der Waals surface area contributed by atoms with Crippen LogP contribution in [-0.2, 0) is 16.1 Å². The number of aliphatic hydroxyl groups excluding tert-OH is 1. The second-order valence-corrected chi connectivity index (χ2v) is 16.8. The molecule has 0 spiro atoms. The lowest BCUT2D eigenvalue weighted by Gasteiger charge is -2.39. The maximum atomic E-state index is 13.3. The highest BCUT2D eigenvalue weighted by molar-refractivity contribution is 6.23. The van der Waals surface area contributed by atoms with E-state index in [2.05, 4.69) is 50.0 Å². The zero-order valence-corrected chi connectivity index (χ0v) is 35.0. The molecule has 0 saturated carbocycles. The number of fused-ring (bicyclic) bond motifs is 2. The summed E-state index contributed by atoms with van der Waals surface area (Å²) in [6, 6.07) is 13.8. The Labute approximate surface area is 354 Å². The molecule has 6 amide bonds. The molecule has 5 N–H and O–H groups in total. The molecule has 2 aromatic carbocycles. The number of rotatable bonds is 13. The Morgan fingerprint density at radius 3 is 2.34 bits per heavy atom. The van der Waals surface area contributed by atoms with E-state index in [-0.39, 0.29) is 43.0 Å². The van der Waals surface area contributed by atoms with Crippen LogP contribution in [0.1, 0.15) is 90.6 Å². The number of carbonyl (C=O) groups is 5. The van der Waals surface area contributed by atoms with Crippen LogP contribution in [0.4, 0.5) is 27.8 Å². The highest BCUT2D eigenvalue weighted by Crippen LogP contribution is 2.33. The topological polar surface area (TPSA) is 197 Å². The highest BCUT2D eigenvalue weighted by atomic mass is 16.3. The molecule has 0 aliphatic carbocycles. The molecule has 4 aliphatic rings. The normalized spacial score (nSPS) is 19.4. The number of hydrogen-bond donors (Lipinski definition) is 5. The summed E-state index contributed by atoms with van der Waals surface area (Å²) < 4.78 is 1.81. The second kappa shape index (κ2) is 17.9. The maximum absolute atomic E-state index is 13.3. The van der Waals surface area contributed by atoms with E-state index in [4.69, 9.17) is 4.98 Å². The lowest BCUT2D eigenvalue weighted by molar-refractivity contribution is -0.136. The van der Waals surface area contributed by atoms with Crippen molar-refractivity contribution in [2.24, 2.45) is 5.92 Å². The smallest absolute Gasteiger partial charge is 0.321 e. The van der Waals surface area contributed by atoms with E-state index in [0.717, 1.165) is 90.9 Å². The Kier molecular flexibility index (Phi) is 12.2. The summed E-state index contributed by atoms with van der Waals surface area (Å²) in [6.45, 7) is 12.3. The van der Waals surface area contributed by atoms with Gasteiger partial charge in [-0.05, 0) is 73.4 Å². The minimum atomic E-state index is -0.980. The molecule has 17 heteroatoms. The van der Waals surface area contributed by atoms with Crippen LogP contribution in [0, 0.1) is 5.92 Å². The van der Waals surface area contributed by atoms with Crippen molar-refractivity contribution in [3.63, 3.8) is 0 Å². The summed E-state index contributed by atoms with van der Waals surface area (Å²) in [6.07, 6.45) is 4.80. The van der Waals surface area contributed by atoms with E-state index in [9.17, 15) is 29.1 Å². The Morgan fingerprint density at radius 2 is 1.66 bits per heavy atom. The fraction of sp³-hybridized carbons (Fsp3) is 0.477. The third kappa shape index (κ3) is 8.89. The Bertz CT molecular complexity index is 2290. The number of piperazine rings is 1. The van der Waals surface area contributed by atoms with E-state index >= 15 is 0 Å². The van der Waals surface area contributed by atoms with Crippen molar-refractivity contribution in [2.45, 2.75) is 77.4 Å². The van der Waals surface area contributed by atoms with E-state index in [1.165, 1.54) is 0 Å². The first-order chi connectivity index (χ1) is 29.5. The fourth-order valence-corrected chi connectivity index (χ4v) is 8.70. The van der Waals surface area contributed by atoms with Crippen LogP contribution in [0.5, 0.6) is 0 Å². The molecule has 61 heavy (non-hydrogen) atoms. The number of amides is 6. The highest BCUT2D eigenvalue weighted by Gasteiger charge is 2.45. The first-order valence-electron chi connectivity index (χ1n) is 21.5. The van der Waals surface area contributed by atoms with Gasteiger partial charge in [0.1, 0.15) is 17.7 Å². The number of carbonyl (C=O) groups excluding carboxylic acids is 5. The van der Waals surface area contributed by atoms with E-state index in [1.54, 1.807) is 12.1 Å². The summed E-state index contributed by atoms with van der Waals surface area (Å²) in [7, 11) is 0. The van der Waals surface area contributed by atoms with Crippen LogP contribution in [0.25, 0.3) is 5.65 Å². The molecule has 3 fully saturated rings. The average Bonchev–Trinajstić information content (AvgIpc) is 3.81. The first-order valence-corrected chi connectivity index (χ1v) is 21.5. The quantitative estimate of drug-likeness (QED) is 0.121. The fourth-order valence-electron chi connectivity index (χ4n) is 8.70. The monoisotopic (exact) mass is 833 g/mol. The zero-order chi connectivity index (χ0) is 42.8. The van der Waals surface area contributed by atoms with Crippen molar-refractivity contribution in [3.8, 4) is 0 Å². The summed E-state index contributed by atoms with van der Waals surface area (Å²) in [5, 5.41) is 26.5. The Morgan fingerprint density at radius 1 is 0.918 bits per heavy atom. The minimum absolute atomic E-state index is 0.0129. The van der Waals surface area contributed by atoms with Crippen LogP contribution < -0.4 is 26.2 Å². The number of benzene rings is 2. The molecule has 2 atom stereocenters. The first kappa shape index (κ1) is 41.7. The Balaban J connectivity index is 0.783. The van der Waals surface area contributed by atoms with Crippen molar-refractivity contribution in [1.29, 1.82) is 0 Å². The van der Waals surface area contributed by atoms with Crippen molar-refractivity contribution in [3.05, 3.63) is 77.0 Å². The molecule has 17 nitrogen and oxygen atoms in total. The molecule has 2 aromatic heterocycles. The number of piperidine rings is 2. The van der Waals surface area contributed by atoms with Gasteiger partial charge in [0.05, 0.1) is 30.0 Å². The lowest BCUT2D eigenvalue weighted by Crippen LogP contribution is -2.54. The van der Waals surface area contributed by atoms with Gasteiger partial charge in [0.15, 0.2) is 5.65 Å². The predicted octanol–water partition coefficient (Wildman–Crippen LogP) is 4.11. The molecular weight excluding hydrogens is 779 g/mol. The van der Waals surface area contributed by atoms with Crippen LogP contribution in [0.15, 0.2) is 54.7 Å². The van der Waals surface area contributed by atoms with Gasteiger partial charge in [-0.15, -0.1) is 0 Å². The molecule has 322 valence electrons. The van der Waals surface area contributed by atoms with Gasteiger partial charge < -0.3 is 30.9 Å². The summed E-state index contributed by atoms with van der Waals surface area (Å²) in [5.41, 5.74) is 5.04. The second-order valence-electron chi connectivity index (χ2n) is 16.8. The standard InChI is InChI=1S/C44H55N11O6/c1-4-30(26-56)47-37-22-38(55-40(49-37)35(24-46-55)27(2)3)45-23-28-5-7-31(8-6-28)48-44(61)53-19-17-51(18-20-53)25-29-13-15-52(16-14-29)32-9-10-33-34(21-32)43(60)54(42(33)59)36-11-12-39(57)50-41(36)58/h5-10,21-22,24,27,29-30,36,45,56H,4,11-20,23,25-26H2,1-3H3,(H,47,49)(H,48,61)(H,50,57,58)/t30-,36?/m0/s1. The molecule has 1 unspecified atom stereocenters. The van der Waals surface area contributed by atoms with E-state index in [1.807, 2.05) is 58.9 Å². The Hall–Kier alpha value is -6.07. The zero-order valence-electron chi connectivity index (χ0n) is 35.0. The third-order valence-corrected chi connectivity index (χ3v) is 12.4. The van der Waals surface area contributed by atoms with Crippen LogP contribution in [0.3, 0.4) is 0 Å². The molecular formula is C44H55N11O6. The molecule has 4 aromatic rings. The van der Waals surface area contributed by atoms with Crippen molar-refractivity contribution in [1.82, 2.24) is 34.6 Å². The summed E-state index contributed by atoms with van der Waals surface area (Å²) >= 11 is 0. The molecule has 8 rings (SSSR count). The number of aromatic nitrogens is 3. The SMILES string of the molecule is CC[C@@H](CO)Nc1cc(NCc2ccc(NC(=O)N3CCN(CC4CCN(c5ccc6c(c5)C(=O)N(C5CCC(=O)NC5=O)C6=O)CC4)CC3)cc2)n2ncc(C(C)C)c2n1. The number of nitrogens with zero attached hydrogens (tertiary/aromatic N) is 7. The van der Waals surface area contributed by atoms with E-state index < -0.39 is 29.7 Å². The summed E-state index contributed by atoms with van der Waals surface area (Å²) in [4.78, 5) is 76.2. The van der Waals surface area contributed by atoms with Gasteiger partial charge in [-0.1, -0.05) is 32.9 Å². The van der Waals surface area contributed by atoms with Gasteiger partial charge in [0.25, 0.3) is 11.8 Å². The number of hydrogen-bond acceptors (Lipinski definition) is 12. The van der Waals surface area contributed by atoms with Crippen molar-refractivity contribution in [2.75, 3.05) is 73.3 Å². The third-order valence-electron chi connectivity index (χ3n) is 12.4. The molecule has 0 radical (unpaired) electrons. The van der Waals surface area contributed by atoms with E-state index in [0.29, 0.717) is 36.9 Å². The lowest BCUT2D eigenvalue weighted by atomic mass is 9.95. The number of nitrogens with one attached hydrogen (secondary N) is 4. The molecule has 0 bridgehead atoms. The van der Waals surface area contributed by atoms with Crippen LogP contribution in [-0.4, -0.2) is 129 Å². The van der Waals surface area contributed by atoms with Crippen molar-refractivity contribution < 1.29 is 29.1 Å². The molecule has 3 saturated heterocycles. The largest absolute Gasteiger partial charge is 0.394 e. The number of aliphatic hydroxyl groups is 1. The minimum Gasteiger partial charge on any atom is -0.394 e. The number of urea groups is 1. The van der Waals surface area contributed by atoms with Crippen molar-refractivity contribution >= 4 is 58.3 Å². The van der Waals surface area contributed by atoms with Gasteiger partial charge in [-0.25, -0.2) is 9.78 Å². The van der Waals surface area contributed by atoms with Gasteiger partial charge in [0, 0.05) is 81.8 Å². The average molecular weight is 834 g/mol. The van der Waals surface area contributed by atoms with Gasteiger partial charge >= 0.3 is 6.03 Å².